The smallest absolute Gasteiger partial charge is 0.338 e. The van der Waals surface area contributed by atoms with E-state index in [1.165, 1.54) is 25.5 Å². The van der Waals surface area contributed by atoms with Gasteiger partial charge in [0, 0.05) is 6.20 Å². The fourth-order valence-corrected chi connectivity index (χ4v) is 2.32. The van der Waals surface area contributed by atoms with E-state index in [-0.39, 0.29) is 5.56 Å². The molecule has 4 nitrogen and oxygen atoms in total. The molecular weight excluding hydrogens is 192 g/mol. The maximum absolute atomic E-state index is 10.7. The van der Waals surface area contributed by atoms with Crippen molar-refractivity contribution in [2.75, 3.05) is 0 Å². The minimum absolute atomic E-state index is 0.285. The Hall–Kier alpha value is -1.32. The zero-order valence-corrected chi connectivity index (χ0v) is 8.89. The predicted octanol–water partition coefficient (Wildman–Crippen LogP) is 2.33. The quantitative estimate of drug-likeness (QED) is 0.811. The molecule has 1 aliphatic rings. The molecule has 15 heavy (non-hydrogen) atoms. The molecule has 1 aromatic heterocycles. The van der Waals surface area contributed by atoms with E-state index in [2.05, 4.69) is 12.0 Å². The van der Waals surface area contributed by atoms with Crippen LogP contribution in [0.15, 0.2) is 12.4 Å². The van der Waals surface area contributed by atoms with Gasteiger partial charge in [0.05, 0.1) is 17.8 Å². The number of carbonyl (C=O) groups is 1. The molecule has 0 bridgehead atoms. The highest BCUT2D eigenvalue weighted by Gasteiger charge is 2.23. The third-order valence-electron chi connectivity index (χ3n) is 3.25. The first kappa shape index (κ1) is 10.2. The maximum atomic E-state index is 10.7. The fraction of sp³-hybridized carbons (Fsp3) is 0.636. The Morgan fingerprint density at radius 1 is 1.53 bits per heavy atom. The SMILES string of the molecule is CC1CCCCC1n1cc(C(=O)O)cn1. The Morgan fingerprint density at radius 3 is 2.87 bits per heavy atom. The van der Waals surface area contributed by atoms with Crippen molar-refractivity contribution in [1.29, 1.82) is 0 Å². The minimum Gasteiger partial charge on any atom is -0.478 e. The summed E-state index contributed by atoms with van der Waals surface area (Å²) in [5.41, 5.74) is 0.285. The summed E-state index contributed by atoms with van der Waals surface area (Å²) in [6, 6.07) is 0.381. The van der Waals surface area contributed by atoms with E-state index in [1.54, 1.807) is 6.20 Å². The Bertz CT molecular complexity index is 359. The Morgan fingerprint density at radius 2 is 2.27 bits per heavy atom. The number of hydrogen-bond acceptors (Lipinski definition) is 2. The van der Waals surface area contributed by atoms with Crippen LogP contribution < -0.4 is 0 Å². The van der Waals surface area contributed by atoms with Crippen molar-refractivity contribution < 1.29 is 9.90 Å². The molecule has 0 saturated heterocycles. The molecule has 4 heteroatoms. The van der Waals surface area contributed by atoms with Crippen LogP contribution in [0.1, 0.15) is 49.0 Å². The number of aromatic nitrogens is 2. The van der Waals surface area contributed by atoms with Gasteiger partial charge in [0.2, 0.25) is 0 Å². The van der Waals surface area contributed by atoms with Crippen LogP contribution in [0, 0.1) is 5.92 Å². The maximum Gasteiger partial charge on any atom is 0.338 e. The molecule has 0 aromatic carbocycles. The van der Waals surface area contributed by atoms with Crippen molar-refractivity contribution >= 4 is 5.97 Å². The van der Waals surface area contributed by atoms with Gasteiger partial charge in [0.15, 0.2) is 0 Å². The second kappa shape index (κ2) is 4.04. The second-order valence-electron chi connectivity index (χ2n) is 4.34. The highest BCUT2D eigenvalue weighted by atomic mass is 16.4. The largest absolute Gasteiger partial charge is 0.478 e. The molecule has 0 spiro atoms. The summed E-state index contributed by atoms with van der Waals surface area (Å²) in [7, 11) is 0. The molecule has 2 rings (SSSR count). The lowest BCUT2D eigenvalue weighted by Gasteiger charge is -2.28. The number of carboxylic acids is 1. The predicted molar refractivity (Wildman–Crippen MR) is 55.9 cm³/mol. The summed E-state index contributed by atoms with van der Waals surface area (Å²) in [6.07, 6.45) is 7.91. The number of aromatic carboxylic acids is 1. The molecular formula is C11H16N2O2. The van der Waals surface area contributed by atoms with Gasteiger partial charge >= 0.3 is 5.97 Å². The summed E-state index contributed by atoms with van der Waals surface area (Å²) < 4.78 is 1.83. The van der Waals surface area contributed by atoms with Crippen molar-refractivity contribution in [1.82, 2.24) is 9.78 Å². The second-order valence-corrected chi connectivity index (χ2v) is 4.34. The summed E-state index contributed by atoms with van der Waals surface area (Å²) in [6.45, 7) is 2.21. The van der Waals surface area contributed by atoms with Gasteiger partial charge in [-0.1, -0.05) is 19.8 Å². The van der Waals surface area contributed by atoms with E-state index in [0.717, 1.165) is 6.42 Å². The van der Waals surface area contributed by atoms with Crippen molar-refractivity contribution in [3.8, 4) is 0 Å². The van der Waals surface area contributed by atoms with Crippen LogP contribution in [0.5, 0.6) is 0 Å². The summed E-state index contributed by atoms with van der Waals surface area (Å²) >= 11 is 0. The highest BCUT2D eigenvalue weighted by molar-refractivity contribution is 5.86. The van der Waals surface area contributed by atoms with E-state index in [0.29, 0.717) is 12.0 Å². The molecule has 82 valence electrons. The molecule has 1 aliphatic carbocycles. The molecule has 1 saturated carbocycles. The number of hydrogen-bond donors (Lipinski definition) is 1. The van der Waals surface area contributed by atoms with Crippen LogP contribution in [0.25, 0.3) is 0 Å². The van der Waals surface area contributed by atoms with Gasteiger partial charge in [-0.3, -0.25) is 4.68 Å². The van der Waals surface area contributed by atoms with Crippen molar-refractivity contribution in [3.63, 3.8) is 0 Å². The molecule has 2 atom stereocenters. The summed E-state index contributed by atoms with van der Waals surface area (Å²) in [5, 5.41) is 13.0. The van der Waals surface area contributed by atoms with Crippen LogP contribution in [0.3, 0.4) is 0 Å². The number of rotatable bonds is 2. The molecule has 0 amide bonds. The number of nitrogens with zero attached hydrogens (tertiary/aromatic N) is 2. The van der Waals surface area contributed by atoms with Crippen LogP contribution in [0.4, 0.5) is 0 Å². The van der Waals surface area contributed by atoms with Gasteiger partial charge in [0.25, 0.3) is 0 Å². The van der Waals surface area contributed by atoms with Gasteiger partial charge in [-0.25, -0.2) is 4.79 Å². The van der Waals surface area contributed by atoms with Gasteiger partial charge in [-0.15, -0.1) is 0 Å². The van der Waals surface area contributed by atoms with Crippen LogP contribution in [0.2, 0.25) is 0 Å². The van der Waals surface area contributed by atoms with E-state index < -0.39 is 5.97 Å². The van der Waals surface area contributed by atoms with Crippen LogP contribution >= 0.6 is 0 Å². The van der Waals surface area contributed by atoms with Crippen LogP contribution in [-0.4, -0.2) is 20.9 Å². The monoisotopic (exact) mass is 208 g/mol. The van der Waals surface area contributed by atoms with E-state index in [9.17, 15) is 4.79 Å². The van der Waals surface area contributed by atoms with E-state index >= 15 is 0 Å². The van der Waals surface area contributed by atoms with E-state index in [1.807, 2.05) is 4.68 Å². The molecule has 2 unspecified atom stereocenters. The highest BCUT2D eigenvalue weighted by Crippen LogP contribution is 2.32. The molecule has 0 radical (unpaired) electrons. The first-order chi connectivity index (χ1) is 7.18. The van der Waals surface area contributed by atoms with Crippen LogP contribution in [-0.2, 0) is 0 Å². The summed E-state index contributed by atoms with van der Waals surface area (Å²) in [5.74, 6) is -0.301. The Labute approximate surface area is 88.9 Å². The Kier molecular flexibility index (Phi) is 2.75. The van der Waals surface area contributed by atoms with Gasteiger partial charge < -0.3 is 5.11 Å². The third kappa shape index (κ3) is 2.03. The Balaban J connectivity index is 2.17. The lowest BCUT2D eigenvalue weighted by molar-refractivity contribution is 0.0696. The lowest BCUT2D eigenvalue weighted by Crippen LogP contribution is -2.21. The van der Waals surface area contributed by atoms with Gasteiger partial charge in [-0.2, -0.15) is 5.10 Å². The molecule has 1 fully saturated rings. The third-order valence-corrected chi connectivity index (χ3v) is 3.25. The van der Waals surface area contributed by atoms with Crippen molar-refractivity contribution in [3.05, 3.63) is 18.0 Å². The van der Waals surface area contributed by atoms with Gasteiger partial charge in [-0.05, 0) is 18.8 Å². The lowest BCUT2D eigenvalue weighted by atomic mass is 9.86. The normalized spacial score (nSPS) is 26.5. The summed E-state index contributed by atoms with van der Waals surface area (Å²) in [4.78, 5) is 10.7. The topological polar surface area (TPSA) is 55.1 Å². The standard InChI is InChI=1S/C11H16N2O2/c1-8-4-2-3-5-10(8)13-7-9(6-12-13)11(14)15/h6-8,10H,2-5H2,1H3,(H,14,15). The molecule has 1 aromatic rings. The average molecular weight is 208 g/mol. The van der Waals surface area contributed by atoms with Crippen molar-refractivity contribution in [2.45, 2.75) is 38.6 Å². The average Bonchev–Trinajstić information content (AvgIpc) is 2.67. The molecule has 0 aliphatic heterocycles. The number of carboxylic acid groups (broad SMARTS) is 1. The van der Waals surface area contributed by atoms with Gasteiger partial charge in [0.1, 0.15) is 0 Å². The first-order valence-electron chi connectivity index (χ1n) is 5.46. The zero-order valence-electron chi connectivity index (χ0n) is 8.89. The molecule has 1 N–H and O–H groups in total. The minimum atomic E-state index is -0.898. The molecule has 1 heterocycles. The van der Waals surface area contributed by atoms with Crippen molar-refractivity contribution in [2.24, 2.45) is 5.92 Å². The zero-order chi connectivity index (χ0) is 10.8. The fourth-order valence-electron chi connectivity index (χ4n) is 2.32. The van der Waals surface area contributed by atoms with E-state index in [4.69, 9.17) is 5.11 Å². The first-order valence-corrected chi connectivity index (χ1v) is 5.46.